The second-order valence-electron chi connectivity index (χ2n) is 5.53. The smallest absolute Gasteiger partial charge is 0.225 e. The average Bonchev–Trinajstić information content (AvgIpc) is 2.55. The van der Waals surface area contributed by atoms with Crippen molar-refractivity contribution >= 4 is 33.0 Å². The molecule has 24 heavy (non-hydrogen) atoms. The molecule has 0 atom stereocenters. The second-order valence-corrected chi connectivity index (χ2v) is 8.08. The molecule has 0 fully saturated rings. The summed E-state index contributed by atoms with van der Waals surface area (Å²) in [5.41, 5.74) is 2.76. The van der Waals surface area contributed by atoms with Gasteiger partial charge in [0.1, 0.15) is 0 Å². The monoisotopic (exact) mass is 365 g/mol. The fraction of sp³-hybridized carbons (Fsp3) is 0.278. The van der Waals surface area contributed by atoms with E-state index in [1.807, 2.05) is 32.0 Å². The van der Waals surface area contributed by atoms with Crippen molar-refractivity contribution in [3.63, 3.8) is 0 Å². The van der Waals surface area contributed by atoms with Crippen molar-refractivity contribution in [1.29, 1.82) is 0 Å². The number of amides is 1. The third-order valence-corrected chi connectivity index (χ3v) is 5.76. The molecule has 2 aromatic carbocycles. The molecule has 0 unspecified atom stereocenters. The Balaban J connectivity index is 2.05. The minimum Gasteiger partial charge on any atom is -0.326 e. The van der Waals surface area contributed by atoms with Crippen LogP contribution in [-0.2, 0) is 21.1 Å². The maximum Gasteiger partial charge on any atom is 0.225 e. The van der Waals surface area contributed by atoms with Crippen molar-refractivity contribution in [2.75, 3.05) is 11.1 Å². The Morgan fingerprint density at radius 1 is 1.12 bits per heavy atom. The van der Waals surface area contributed by atoms with Gasteiger partial charge in [-0.05, 0) is 48.7 Å². The van der Waals surface area contributed by atoms with Crippen LogP contribution >= 0.6 is 11.6 Å². The van der Waals surface area contributed by atoms with E-state index in [-0.39, 0.29) is 23.0 Å². The van der Waals surface area contributed by atoms with Gasteiger partial charge >= 0.3 is 0 Å². The third kappa shape index (κ3) is 4.58. The molecular weight excluding hydrogens is 346 g/mol. The number of hydrogen-bond acceptors (Lipinski definition) is 3. The van der Waals surface area contributed by atoms with Crippen LogP contribution in [0, 0.1) is 6.92 Å². The molecule has 2 aromatic rings. The highest BCUT2D eigenvalue weighted by atomic mass is 35.5. The molecule has 1 amide bonds. The molecule has 128 valence electrons. The zero-order valence-electron chi connectivity index (χ0n) is 13.7. The minimum atomic E-state index is -3.51. The highest BCUT2D eigenvalue weighted by molar-refractivity contribution is 7.91. The molecule has 0 aliphatic rings. The van der Waals surface area contributed by atoms with E-state index in [1.54, 1.807) is 0 Å². The number of sulfone groups is 1. The maximum atomic E-state index is 12.3. The summed E-state index contributed by atoms with van der Waals surface area (Å²) in [4.78, 5) is 12.3. The summed E-state index contributed by atoms with van der Waals surface area (Å²) in [7, 11) is -3.51. The van der Waals surface area contributed by atoms with E-state index >= 15 is 0 Å². The van der Waals surface area contributed by atoms with Crippen LogP contribution in [-0.4, -0.2) is 20.1 Å². The van der Waals surface area contributed by atoms with Crippen LogP contribution in [0.15, 0.2) is 47.4 Å². The van der Waals surface area contributed by atoms with E-state index in [1.165, 1.54) is 24.3 Å². The van der Waals surface area contributed by atoms with Crippen molar-refractivity contribution in [3.05, 3.63) is 58.6 Å². The van der Waals surface area contributed by atoms with Crippen molar-refractivity contribution in [1.82, 2.24) is 0 Å². The first-order chi connectivity index (χ1) is 11.3. The lowest BCUT2D eigenvalue weighted by atomic mass is 10.1. The van der Waals surface area contributed by atoms with E-state index in [0.717, 1.165) is 23.2 Å². The van der Waals surface area contributed by atoms with Crippen LogP contribution in [0.5, 0.6) is 0 Å². The van der Waals surface area contributed by atoms with Gasteiger partial charge in [0.05, 0.1) is 10.6 Å². The van der Waals surface area contributed by atoms with Gasteiger partial charge in [-0.3, -0.25) is 4.79 Å². The first-order valence-electron chi connectivity index (χ1n) is 7.70. The van der Waals surface area contributed by atoms with Gasteiger partial charge < -0.3 is 5.32 Å². The number of rotatable bonds is 6. The highest BCUT2D eigenvalue weighted by Crippen LogP contribution is 2.22. The van der Waals surface area contributed by atoms with Gasteiger partial charge in [-0.15, -0.1) is 0 Å². The molecule has 2 rings (SSSR count). The first kappa shape index (κ1) is 18.5. The quantitative estimate of drug-likeness (QED) is 0.841. The topological polar surface area (TPSA) is 63.2 Å². The van der Waals surface area contributed by atoms with Gasteiger partial charge in [0.2, 0.25) is 5.91 Å². The molecule has 0 bridgehead atoms. The number of anilines is 1. The maximum absolute atomic E-state index is 12.3. The predicted octanol–water partition coefficient (Wildman–Crippen LogP) is 4.01. The lowest BCUT2D eigenvalue weighted by Gasteiger charge is -2.13. The standard InChI is InChI=1S/C18H20ClNO3S/c1-3-14-6-4-5-13(2)18(14)20-17(21)11-12-24(22,23)16-9-7-15(19)8-10-16/h4-10H,3,11-12H2,1-2H3,(H,20,21). The number of benzene rings is 2. The van der Waals surface area contributed by atoms with Gasteiger partial charge in [0.15, 0.2) is 9.84 Å². The van der Waals surface area contributed by atoms with Crippen LogP contribution in [0.3, 0.4) is 0 Å². The molecule has 0 saturated carbocycles. The van der Waals surface area contributed by atoms with Gasteiger partial charge in [-0.2, -0.15) is 0 Å². The normalized spacial score (nSPS) is 11.3. The minimum absolute atomic E-state index is 0.0948. The molecule has 4 nitrogen and oxygen atoms in total. The fourth-order valence-electron chi connectivity index (χ4n) is 2.39. The number of halogens is 1. The van der Waals surface area contributed by atoms with E-state index < -0.39 is 9.84 Å². The molecule has 0 radical (unpaired) electrons. The summed E-state index contributed by atoms with van der Waals surface area (Å²) in [6.07, 6.45) is 0.697. The summed E-state index contributed by atoms with van der Waals surface area (Å²) in [5, 5.41) is 3.31. The second kappa shape index (κ2) is 7.81. The molecule has 1 N–H and O–H groups in total. The third-order valence-electron chi connectivity index (χ3n) is 3.78. The van der Waals surface area contributed by atoms with E-state index in [0.29, 0.717) is 5.02 Å². The lowest BCUT2D eigenvalue weighted by molar-refractivity contribution is -0.115. The van der Waals surface area contributed by atoms with Gasteiger partial charge in [-0.25, -0.2) is 8.42 Å². The number of carbonyl (C=O) groups excluding carboxylic acids is 1. The zero-order chi connectivity index (χ0) is 17.7. The van der Waals surface area contributed by atoms with Gasteiger partial charge in [0, 0.05) is 17.1 Å². The van der Waals surface area contributed by atoms with E-state index in [4.69, 9.17) is 11.6 Å². The summed E-state index contributed by atoms with van der Waals surface area (Å²) in [6, 6.07) is 11.8. The number of nitrogens with one attached hydrogen (secondary N) is 1. The Bertz CT molecular complexity index is 830. The lowest BCUT2D eigenvalue weighted by Crippen LogP contribution is -2.18. The fourth-order valence-corrected chi connectivity index (χ4v) is 3.76. The molecule has 0 aliphatic heterocycles. The molecule has 0 spiro atoms. The van der Waals surface area contributed by atoms with Gasteiger partial charge in [-0.1, -0.05) is 36.7 Å². The number of carbonyl (C=O) groups is 1. The first-order valence-corrected chi connectivity index (χ1v) is 9.73. The SMILES string of the molecule is CCc1cccc(C)c1NC(=O)CCS(=O)(=O)c1ccc(Cl)cc1. The zero-order valence-corrected chi connectivity index (χ0v) is 15.2. The van der Waals surface area contributed by atoms with Crippen LogP contribution in [0.1, 0.15) is 24.5 Å². The van der Waals surface area contributed by atoms with Crippen molar-refractivity contribution in [2.45, 2.75) is 31.6 Å². The molecule has 0 heterocycles. The summed E-state index contributed by atoms with van der Waals surface area (Å²) < 4.78 is 24.5. The average molecular weight is 366 g/mol. The number of para-hydroxylation sites is 1. The molecular formula is C18H20ClNO3S. The van der Waals surface area contributed by atoms with Crippen molar-refractivity contribution < 1.29 is 13.2 Å². The molecule has 0 aliphatic carbocycles. The Morgan fingerprint density at radius 3 is 2.42 bits per heavy atom. The van der Waals surface area contributed by atoms with Crippen LogP contribution in [0.4, 0.5) is 5.69 Å². The molecule has 6 heteroatoms. The van der Waals surface area contributed by atoms with E-state index in [9.17, 15) is 13.2 Å². The Kier molecular flexibility index (Phi) is 6.02. The predicted molar refractivity (Wildman–Crippen MR) is 97.3 cm³/mol. The molecule has 0 aromatic heterocycles. The van der Waals surface area contributed by atoms with Gasteiger partial charge in [0.25, 0.3) is 0 Å². The van der Waals surface area contributed by atoms with Crippen molar-refractivity contribution in [3.8, 4) is 0 Å². The molecule has 0 saturated heterocycles. The number of hydrogen-bond donors (Lipinski definition) is 1. The summed E-state index contributed by atoms with van der Waals surface area (Å²) in [6.45, 7) is 3.93. The Labute approximate surface area is 147 Å². The highest BCUT2D eigenvalue weighted by Gasteiger charge is 2.17. The van der Waals surface area contributed by atoms with Crippen LogP contribution in [0.25, 0.3) is 0 Å². The van der Waals surface area contributed by atoms with E-state index in [2.05, 4.69) is 5.32 Å². The summed E-state index contributed by atoms with van der Waals surface area (Å²) in [5.74, 6) is -0.551. The largest absolute Gasteiger partial charge is 0.326 e. The Hall–Kier alpha value is -1.85. The summed E-state index contributed by atoms with van der Waals surface area (Å²) >= 11 is 5.76. The van der Waals surface area contributed by atoms with Crippen molar-refractivity contribution in [2.24, 2.45) is 0 Å². The number of aryl methyl sites for hydroxylation is 2. The van der Waals surface area contributed by atoms with Crippen LogP contribution in [0.2, 0.25) is 5.02 Å². The van der Waals surface area contributed by atoms with Crippen LogP contribution < -0.4 is 5.32 Å². The Morgan fingerprint density at radius 2 is 1.79 bits per heavy atom.